The number of nitrogens with one attached hydrogen (secondary N) is 2. The van der Waals surface area contributed by atoms with Crippen LogP contribution in [0, 0.1) is 12.7 Å². The molecule has 188 valence electrons. The highest BCUT2D eigenvalue weighted by molar-refractivity contribution is 6.07. The van der Waals surface area contributed by atoms with Crippen LogP contribution in [0.4, 0.5) is 4.39 Å². The number of H-pyrrole nitrogens is 1. The molecule has 0 aliphatic heterocycles. The van der Waals surface area contributed by atoms with Crippen molar-refractivity contribution in [2.45, 2.75) is 26.0 Å². The highest BCUT2D eigenvalue weighted by atomic mass is 19.1. The van der Waals surface area contributed by atoms with Gasteiger partial charge >= 0.3 is 0 Å². The quantitative estimate of drug-likeness (QED) is 0.133. The number of aliphatic hydroxyl groups excluding tert-OH is 1. The predicted octanol–water partition coefficient (Wildman–Crippen LogP) is 5.66. The first-order valence-corrected chi connectivity index (χ1v) is 12.5. The van der Waals surface area contributed by atoms with Crippen molar-refractivity contribution in [2.75, 3.05) is 13.1 Å². The smallest absolute Gasteiger partial charge is 0.185 e. The van der Waals surface area contributed by atoms with Crippen molar-refractivity contribution in [1.82, 2.24) is 14.9 Å². The van der Waals surface area contributed by atoms with Gasteiger partial charge in [-0.3, -0.25) is 4.79 Å². The van der Waals surface area contributed by atoms with Crippen molar-refractivity contribution in [1.29, 1.82) is 0 Å². The Hall–Kier alpha value is -4.00. The summed E-state index contributed by atoms with van der Waals surface area (Å²) in [6, 6.07) is 20.3. The molecular weight excluding hydrogens is 465 g/mol. The second-order valence-corrected chi connectivity index (χ2v) is 9.43. The number of hydrogen-bond donors (Lipinski definition) is 3. The monoisotopic (exact) mass is 495 g/mol. The number of carbonyl (C=O) groups excluding carboxylic acids is 1. The minimum absolute atomic E-state index is 0.0426. The summed E-state index contributed by atoms with van der Waals surface area (Å²) in [7, 11) is 0. The maximum absolute atomic E-state index is 13.6. The molecule has 5 rings (SSSR count). The number of para-hydroxylation sites is 1. The van der Waals surface area contributed by atoms with Gasteiger partial charge in [-0.05, 0) is 61.9 Å². The lowest BCUT2D eigenvalue weighted by Crippen LogP contribution is -2.31. The van der Waals surface area contributed by atoms with Crippen molar-refractivity contribution in [2.24, 2.45) is 0 Å². The molecule has 1 unspecified atom stereocenters. The molecule has 0 saturated heterocycles. The summed E-state index contributed by atoms with van der Waals surface area (Å²) in [6.07, 6.45) is 7.47. The molecule has 5 nitrogen and oxygen atoms in total. The molecule has 5 aromatic rings. The lowest BCUT2D eigenvalue weighted by molar-refractivity contribution is 0.104. The average molecular weight is 496 g/mol. The summed E-state index contributed by atoms with van der Waals surface area (Å²) in [5.74, 6) is -0.289. The number of aliphatic hydroxyl groups is 1. The van der Waals surface area contributed by atoms with Gasteiger partial charge in [0.25, 0.3) is 0 Å². The molecule has 0 radical (unpaired) electrons. The SMILES string of the molecule is Cc1ccc(C(=O)C=Cc2cn(CC(O)CNCCc3c[nH]c4ccc(F)cc34)c3ccccc23)cc1. The fourth-order valence-corrected chi connectivity index (χ4v) is 4.68. The van der Waals surface area contributed by atoms with Gasteiger partial charge in [0.05, 0.1) is 6.10 Å². The molecule has 0 aliphatic rings. The van der Waals surface area contributed by atoms with Crippen LogP contribution in [0.15, 0.2) is 85.2 Å². The molecule has 1 atom stereocenters. The molecule has 3 aromatic carbocycles. The summed E-state index contributed by atoms with van der Waals surface area (Å²) in [6.45, 7) is 3.52. The fourth-order valence-electron chi connectivity index (χ4n) is 4.68. The Morgan fingerprint density at radius 2 is 1.92 bits per heavy atom. The van der Waals surface area contributed by atoms with Crippen LogP contribution in [0.2, 0.25) is 0 Å². The van der Waals surface area contributed by atoms with Gasteiger partial charge in [0.1, 0.15) is 5.82 Å². The Morgan fingerprint density at radius 3 is 2.76 bits per heavy atom. The van der Waals surface area contributed by atoms with E-state index < -0.39 is 6.10 Å². The second kappa shape index (κ2) is 10.9. The third-order valence-electron chi connectivity index (χ3n) is 6.66. The number of hydrogen-bond acceptors (Lipinski definition) is 3. The summed E-state index contributed by atoms with van der Waals surface area (Å²) in [5.41, 5.74) is 5.67. The third-order valence-corrected chi connectivity index (χ3v) is 6.66. The first-order chi connectivity index (χ1) is 18.0. The van der Waals surface area contributed by atoms with E-state index in [2.05, 4.69) is 10.3 Å². The fraction of sp³-hybridized carbons (Fsp3) is 0.194. The third kappa shape index (κ3) is 5.71. The number of benzene rings is 3. The van der Waals surface area contributed by atoms with E-state index in [9.17, 15) is 14.3 Å². The number of aromatic amines is 1. The molecule has 2 aromatic heterocycles. The number of carbonyl (C=O) groups is 1. The van der Waals surface area contributed by atoms with Gasteiger partial charge in [-0.1, -0.05) is 48.0 Å². The van der Waals surface area contributed by atoms with Crippen LogP contribution in [0.1, 0.15) is 27.0 Å². The number of aryl methyl sites for hydroxylation is 1. The number of allylic oxidation sites excluding steroid dienone is 1. The number of rotatable bonds is 10. The highest BCUT2D eigenvalue weighted by Crippen LogP contribution is 2.23. The number of ketones is 1. The summed E-state index contributed by atoms with van der Waals surface area (Å²) < 4.78 is 15.6. The Morgan fingerprint density at radius 1 is 1.11 bits per heavy atom. The molecule has 0 spiro atoms. The van der Waals surface area contributed by atoms with Crippen LogP contribution < -0.4 is 5.32 Å². The van der Waals surface area contributed by atoms with Crippen LogP contribution in [0.25, 0.3) is 27.9 Å². The van der Waals surface area contributed by atoms with Crippen LogP contribution >= 0.6 is 0 Å². The molecule has 3 N–H and O–H groups in total. The minimum atomic E-state index is -0.595. The Balaban J connectivity index is 1.21. The lowest BCUT2D eigenvalue weighted by atomic mass is 10.1. The Kier molecular flexibility index (Phi) is 7.30. The topological polar surface area (TPSA) is 70.1 Å². The van der Waals surface area contributed by atoms with Crippen molar-refractivity contribution in [3.63, 3.8) is 0 Å². The van der Waals surface area contributed by atoms with E-state index in [1.807, 2.05) is 78.5 Å². The maximum atomic E-state index is 13.6. The zero-order valence-corrected chi connectivity index (χ0v) is 20.7. The molecular formula is C31H30FN3O2. The zero-order chi connectivity index (χ0) is 25.8. The molecule has 0 saturated carbocycles. The molecule has 0 bridgehead atoms. The van der Waals surface area contributed by atoms with Crippen molar-refractivity contribution < 1.29 is 14.3 Å². The van der Waals surface area contributed by atoms with Gasteiger partial charge in [-0.2, -0.15) is 0 Å². The van der Waals surface area contributed by atoms with Crippen molar-refractivity contribution in [3.05, 3.63) is 113 Å². The lowest BCUT2D eigenvalue weighted by Gasteiger charge is -2.13. The maximum Gasteiger partial charge on any atom is 0.185 e. The molecule has 0 amide bonds. The molecule has 6 heteroatoms. The summed E-state index contributed by atoms with van der Waals surface area (Å²) in [4.78, 5) is 15.8. The van der Waals surface area contributed by atoms with E-state index in [1.165, 1.54) is 6.07 Å². The Labute approximate surface area is 215 Å². The highest BCUT2D eigenvalue weighted by Gasteiger charge is 2.12. The predicted molar refractivity (Wildman–Crippen MR) is 147 cm³/mol. The van der Waals surface area contributed by atoms with E-state index in [0.29, 0.717) is 25.2 Å². The summed E-state index contributed by atoms with van der Waals surface area (Å²) >= 11 is 0. The van der Waals surface area contributed by atoms with Gasteiger partial charge in [0.15, 0.2) is 5.78 Å². The molecule has 0 aliphatic carbocycles. The molecule has 2 heterocycles. The van der Waals surface area contributed by atoms with Gasteiger partial charge in [-0.25, -0.2) is 4.39 Å². The Bertz CT molecular complexity index is 1560. The second-order valence-electron chi connectivity index (χ2n) is 9.43. The van der Waals surface area contributed by atoms with Crippen LogP contribution in [0.5, 0.6) is 0 Å². The van der Waals surface area contributed by atoms with E-state index >= 15 is 0 Å². The minimum Gasteiger partial charge on any atom is -0.390 e. The molecule has 37 heavy (non-hydrogen) atoms. The van der Waals surface area contributed by atoms with E-state index in [-0.39, 0.29) is 11.6 Å². The first-order valence-electron chi connectivity index (χ1n) is 12.5. The summed E-state index contributed by atoms with van der Waals surface area (Å²) in [5, 5.41) is 15.9. The van der Waals surface area contributed by atoms with Crippen LogP contribution in [-0.2, 0) is 13.0 Å². The number of nitrogens with zero attached hydrogens (tertiary/aromatic N) is 1. The van der Waals surface area contributed by atoms with Crippen LogP contribution in [-0.4, -0.2) is 39.6 Å². The molecule has 0 fully saturated rings. The average Bonchev–Trinajstić information content (AvgIpc) is 3.46. The van der Waals surface area contributed by atoms with Crippen LogP contribution in [0.3, 0.4) is 0 Å². The van der Waals surface area contributed by atoms with Crippen molar-refractivity contribution >= 4 is 33.7 Å². The standard InChI is InChI=1S/C31H30FN3O2/c1-21-6-8-22(9-7-21)31(37)13-10-24-19-35(30-5-3-2-4-27(24)30)20-26(36)18-33-15-14-23-17-34-29-12-11-25(32)16-28(23)29/h2-13,16-17,19,26,33-34,36H,14-15,18,20H2,1H3. The first kappa shape index (κ1) is 24.7. The number of halogens is 1. The van der Waals surface area contributed by atoms with E-state index in [4.69, 9.17) is 0 Å². The van der Waals surface area contributed by atoms with E-state index in [1.54, 1.807) is 18.2 Å². The zero-order valence-electron chi connectivity index (χ0n) is 20.7. The van der Waals surface area contributed by atoms with Crippen molar-refractivity contribution in [3.8, 4) is 0 Å². The number of aromatic nitrogens is 2. The largest absolute Gasteiger partial charge is 0.390 e. The van der Waals surface area contributed by atoms with Gasteiger partial charge in [0, 0.05) is 58.4 Å². The van der Waals surface area contributed by atoms with Gasteiger partial charge in [-0.15, -0.1) is 0 Å². The van der Waals surface area contributed by atoms with E-state index in [0.717, 1.165) is 44.9 Å². The normalized spacial score (nSPS) is 12.6. The van der Waals surface area contributed by atoms with Gasteiger partial charge in [0.2, 0.25) is 0 Å². The van der Waals surface area contributed by atoms with Gasteiger partial charge < -0.3 is 20.0 Å². The number of fused-ring (bicyclic) bond motifs is 2.